The molecule has 0 radical (unpaired) electrons. The molecule has 2 heteroatoms. The van der Waals surface area contributed by atoms with Crippen LogP contribution in [0.5, 0.6) is 0 Å². The van der Waals surface area contributed by atoms with E-state index in [4.69, 9.17) is 0 Å². The number of nitrogens with zero attached hydrogens (tertiary/aromatic N) is 1. The predicted molar refractivity (Wildman–Crippen MR) is 67.5 cm³/mol. The number of fused-ring (bicyclic) bond motifs is 1. The molecule has 1 aliphatic carbocycles. The molecule has 0 aromatic rings. The minimum Gasteiger partial charge on any atom is -0.312 e. The molecule has 1 saturated carbocycles. The van der Waals surface area contributed by atoms with Gasteiger partial charge in [-0.05, 0) is 64.5 Å². The molecule has 0 spiro atoms. The first-order chi connectivity index (χ1) is 7.67. The van der Waals surface area contributed by atoms with E-state index in [0.29, 0.717) is 5.54 Å². The van der Waals surface area contributed by atoms with Crippen molar-refractivity contribution in [3.8, 4) is 0 Å². The van der Waals surface area contributed by atoms with Crippen LogP contribution in [0, 0.1) is 11.8 Å². The van der Waals surface area contributed by atoms with Crippen molar-refractivity contribution in [3.63, 3.8) is 0 Å². The van der Waals surface area contributed by atoms with Gasteiger partial charge in [0.2, 0.25) is 0 Å². The summed E-state index contributed by atoms with van der Waals surface area (Å²) < 4.78 is 0. The van der Waals surface area contributed by atoms with E-state index in [2.05, 4.69) is 24.1 Å². The van der Waals surface area contributed by atoms with Gasteiger partial charge < -0.3 is 5.32 Å². The van der Waals surface area contributed by atoms with E-state index < -0.39 is 0 Å². The fraction of sp³-hybridized carbons (Fsp3) is 1.00. The van der Waals surface area contributed by atoms with E-state index in [1.54, 1.807) is 0 Å². The average Bonchev–Trinajstić information content (AvgIpc) is 2.85. The molecule has 3 rings (SSSR count). The van der Waals surface area contributed by atoms with Crippen LogP contribution in [0.1, 0.15) is 46.0 Å². The second kappa shape index (κ2) is 3.99. The Kier molecular flexibility index (Phi) is 2.75. The summed E-state index contributed by atoms with van der Waals surface area (Å²) in [6.07, 6.45) is 7.23. The molecule has 0 aromatic carbocycles. The van der Waals surface area contributed by atoms with Crippen LogP contribution in [-0.2, 0) is 0 Å². The Hall–Kier alpha value is -0.0800. The fourth-order valence-electron chi connectivity index (χ4n) is 4.24. The van der Waals surface area contributed by atoms with Crippen LogP contribution in [0.2, 0.25) is 0 Å². The van der Waals surface area contributed by atoms with E-state index in [0.717, 1.165) is 17.9 Å². The molecule has 0 amide bonds. The first kappa shape index (κ1) is 11.0. The van der Waals surface area contributed by atoms with Crippen LogP contribution in [0.3, 0.4) is 0 Å². The zero-order valence-corrected chi connectivity index (χ0v) is 10.8. The van der Waals surface area contributed by atoms with Gasteiger partial charge in [0.25, 0.3) is 0 Å². The summed E-state index contributed by atoms with van der Waals surface area (Å²) in [6, 6.07) is 0.796. The lowest BCUT2D eigenvalue weighted by Crippen LogP contribution is -2.47. The maximum absolute atomic E-state index is 3.78. The van der Waals surface area contributed by atoms with E-state index in [-0.39, 0.29) is 0 Å². The highest BCUT2D eigenvalue weighted by Crippen LogP contribution is 2.39. The lowest BCUT2D eigenvalue weighted by Gasteiger charge is -2.35. The van der Waals surface area contributed by atoms with Gasteiger partial charge in [-0.1, -0.05) is 6.42 Å². The molecule has 2 heterocycles. The highest BCUT2D eigenvalue weighted by molar-refractivity contribution is 4.98. The topological polar surface area (TPSA) is 15.3 Å². The van der Waals surface area contributed by atoms with Gasteiger partial charge in [0, 0.05) is 18.1 Å². The van der Waals surface area contributed by atoms with Gasteiger partial charge in [0.15, 0.2) is 0 Å². The highest BCUT2D eigenvalue weighted by Gasteiger charge is 2.41. The molecule has 3 fully saturated rings. The monoisotopic (exact) mass is 222 g/mol. The smallest absolute Gasteiger partial charge is 0.0226 e. The van der Waals surface area contributed by atoms with Crippen molar-refractivity contribution in [2.45, 2.75) is 57.5 Å². The van der Waals surface area contributed by atoms with Crippen molar-refractivity contribution < 1.29 is 0 Å². The number of likely N-dealkylation sites (tertiary alicyclic amines) is 1. The summed E-state index contributed by atoms with van der Waals surface area (Å²) in [4.78, 5) is 2.73. The van der Waals surface area contributed by atoms with Crippen LogP contribution in [0.25, 0.3) is 0 Å². The van der Waals surface area contributed by atoms with Gasteiger partial charge >= 0.3 is 0 Å². The Morgan fingerprint density at radius 1 is 1.25 bits per heavy atom. The van der Waals surface area contributed by atoms with Gasteiger partial charge in [-0.3, -0.25) is 4.90 Å². The first-order valence-corrected chi connectivity index (χ1v) is 7.15. The second-order valence-corrected chi connectivity index (χ2v) is 6.73. The van der Waals surface area contributed by atoms with Gasteiger partial charge in [0.1, 0.15) is 0 Å². The van der Waals surface area contributed by atoms with Crippen molar-refractivity contribution in [2.75, 3.05) is 19.6 Å². The quantitative estimate of drug-likeness (QED) is 0.771. The van der Waals surface area contributed by atoms with Crippen LogP contribution < -0.4 is 5.32 Å². The highest BCUT2D eigenvalue weighted by atomic mass is 15.2. The lowest BCUT2D eigenvalue weighted by atomic mass is 9.93. The third kappa shape index (κ3) is 1.80. The van der Waals surface area contributed by atoms with Crippen LogP contribution >= 0.6 is 0 Å². The summed E-state index contributed by atoms with van der Waals surface area (Å²) in [5, 5.41) is 3.78. The molecule has 3 unspecified atom stereocenters. The molecule has 0 bridgehead atoms. The maximum Gasteiger partial charge on any atom is 0.0226 e. The maximum atomic E-state index is 3.78. The molecular formula is C14H26N2. The molecule has 3 aliphatic rings. The average molecular weight is 222 g/mol. The van der Waals surface area contributed by atoms with E-state index >= 15 is 0 Å². The van der Waals surface area contributed by atoms with Gasteiger partial charge in [-0.2, -0.15) is 0 Å². The molecular weight excluding hydrogens is 196 g/mol. The summed E-state index contributed by atoms with van der Waals surface area (Å²) in [7, 11) is 0. The Morgan fingerprint density at radius 3 is 2.88 bits per heavy atom. The Balaban J connectivity index is 1.62. The molecule has 1 N–H and O–H groups in total. The summed E-state index contributed by atoms with van der Waals surface area (Å²) >= 11 is 0. The third-order valence-electron chi connectivity index (χ3n) is 5.37. The van der Waals surface area contributed by atoms with Crippen molar-refractivity contribution in [3.05, 3.63) is 0 Å². The number of nitrogens with one attached hydrogen (secondary N) is 1. The van der Waals surface area contributed by atoms with Crippen LogP contribution in [0.4, 0.5) is 0 Å². The summed E-state index contributed by atoms with van der Waals surface area (Å²) in [6.45, 7) is 8.75. The van der Waals surface area contributed by atoms with Crippen LogP contribution in [-0.4, -0.2) is 36.1 Å². The van der Waals surface area contributed by atoms with Crippen molar-refractivity contribution >= 4 is 0 Å². The van der Waals surface area contributed by atoms with Crippen molar-refractivity contribution in [1.29, 1.82) is 0 Å². The lowest BCUT2D eigenvalue weighted by molar-refractivity contribution is 0.148. The van der Waals surface area contributed by atoms with E-state index in [9.17, 15) is 0 Å². The molecule has 2 saturated heterocycles. The van der Waals surface area contributed by atoms with Crippen molar-refractivity contribution in [2.24, 2.45) is 11.8 Å². The minimum atomic E-state index is 0.457. The molecule has 0 aromatic heterocycles. The standard InChI is InChI=1S/C14H26N2/c1-14(2)7-4-8-16(14)10-13-12-6-3-5-11(12)9-15-13/h11-13,15H,3-10H2,1-2H3. The SMILES string of the molecule is CC1(C)CCCN1CC1NCC2CCCC21. The largest absolute Gasteiger partial charge is 0.312 e. The summed E-state index contributed by atoms with van der Waals surface area (Å²) in [5.74, 6) is 2.01. The van der Waals surface area contributed by atoms with Gasteiger partial charge in [-0.15, -0.1) is 0 Å². The Morgan fingerprint density at radius 2 is 2.12 bits per heavy atom. The molecule has 2 nitrogen and oxygen atoms in total. The Labute approximate surface area is 99.8 Å². The van der Waals surface area contributed by atoms with E-state index in [1.807, 2.05) is 0 Å². The number of hydrogen-bond acceptors (Lipinski definition) is 2. The van der Waals surface area contributed by atoms with Gasteiger partial charge in [0.05, 0.1) is 0 Å². The predicted octanol–water partition coefficient (Wildman–Crippen LogP) is 2.25. The fourth-order valence-corrected chi connectivity index (χ4v) is 4.24. The molecule has 2 aliphatic heterocycles. The second-order valence-electron chi connectivity index (χ2n) is 6.73. The van der Waals surface area contributed by atoms with Gasteiger partial charge in [-0.25, -0.2) is 0 Å². The Bertz CT molecular complexity index is 261. The normalized spacial score (nSPS) is 42.8. The number of hydrogen-bond donors (Lipinski definition) is 1. The van der Waals surface area contributed by atoms with Crippen molar-refractivity contribution in [1.82, 2.24) is 10.2 Å². The number of rotatable bonds is 2. The zero-order valence-electron chi connectivity index (χ0n) is 10.8. The third-order valence-corrected chi connectivity index (χ3v) is 5.37. The molecule has 92 valence electrons. The summed E-state index contributed by atoms with van der Waals surface area (Å²) in [5.41, 5.74) is 0.457. The zero-order chi connectivity index (χ0) is 11.2. The molecule has 3 atom stereocenters. The minimum absolute atomic E-state index is 0.457. The van der Waals surface area contributed by atoms with E-state index in [1.165, 1.54) is 51.7 Å². The molecule has 16 heavy (non-hydrogen) atoms. The van der Waals surface area contributed by atoms with Crippen LogP contribution in [0.15, 0.2) is 0 Å². The first-order valence-electron chi connectivity index (χ1n) is 7.15.